The van der Waals surface area contributed by atoms with Gasteiger partial charge >= 0.3 is 0 Å². The van der Waals surface area contributed by atoms with E-state index >= 15 is 0 Å². The molecule has 21 heavy (non-hydrogen) atoms. The molecule has 0 spiro atoms. The van der Waals surface area contributed by atoms with Crippen molar-refractivity contribution < 1.29 is 8.42 Å². The first-order chi connectivity index (χ1) is 10.0. The Hall–Kier alpha value is -2.36. The lowest BCUT2D eigenvalue weighted by molar-refractivity contribution is 0.589. The molecular formula is C14H8ClN3O2S. The highest BCUT2D eigenvalue weighted by Crippen LogP contribution is 2.26. The summed E-state index contributed by atoms with van der Waals surface area (Å²) in [5, 5.41) is 9.71. The van der Waals surface area contributed by atoms with Crippen LogP contribution in [0.4, 0.5) is 0 Å². The van der Waals surface area contributed by atoms with Crippen LogP contribution in [-0.2, 0) is 10.0 Å². The monoisotopic (exact) mass is 317 g/mol. The maximum Gasteiger partial charge on any atom is 0.269 e. The van der Waals surface area contributed by atoms with Crippen LogP contribution in [0.2, 0.25) is 5.02 Å². The summed E-state index contributed by atoms with van der Waals surface area (Å²) in [6.07, 6.45) is 1.38. The zero-order chi connectivity index (χ0) is 15.0. The Kier molecular flexibility index (Phi) is 3.16. The summed E-state index contributed by atoms with van der Waals surface area (Å²) < 4.78 is 26.3. The van der Waals surface area contributed by atoms with Crippen LogP contribution in [0.5, 0.6) is 0 Å². The van der Waals surface area contributed by atoms with Gasteiger partial charge in [-0.15, -0.1) is 0 Å². The molecule has 104 valence electrons. The highest BCUT2D eigenvalue weighted by molar-refractivity contribution is 7.90. The zero-order valence-corrected chi connectivity index (χ0v) is 12.1. The van der Waals surface area contributed by atoms with E-state index in [0.717, 1.165) is 3.97 Å². The Morgan fingerprint density at radius 2 is 1.90 bits per heavy atom. The molecule has 0 N–H and O–H groups in total. The standard InChI is InChI=1S/C14H8ClN3O2S/c15-13-8-10(9-16)17-14-12(13)6-7-18(14)21(19,20)11-4-2-1-3-5-11/h1-8H. The van der Waals surface area contributed by atoms with Gasteiger partial charge in [-0.05, 0) is 24.3 Å². The fourth-order valence-electron chi connectivity index (χ4n) is 2.00. The number of aromatic nitrogens is 2. The molecule has 7 heteroatoms. The third-order valence-electron chi connectivity index (χ3n) is 2.99. The second kappa shape index (κ2) is 4.88. The molecule has 2 heterocycles. The van der Waals surface area contributed by atoms with Gasteiger partial charge in [-0.2, -0.15) is 5.26 Å². The molecule has 0 atom stereocenters. The fraction of sp³-hybridized carbons (Fsp3) is 0. The molecule has 3 aromatic rings. The summed E-state index contributed by atoms with van der Waals surface area (Å²) in [4.78, 5) is 4.19. The number of rotatable bonds is 2. The van der Waals surface area contributed by atoms with E-state index in [4.69, 9.17) is 16.9 Å². The number of nitriles is 1. The Labute approximate surface area is 126 Å². The van der Waals surface area contributed by atoms with Crippen molar-refractivity contribution in [3.63, 3.8) is 0 Å². The minimum atomic E-state index is -3.78. The van der Waals surface area contributed by atoms with E-state index in [0.29, 0.717) is 10.4 Å². The number of hydrogen-bond donors (Lipinski definition) is 0. The number of halogens is 1. The third-order valence-corrected chi connectivity index (χ3v) is 4.98. The lowest BCUT2D eigenvalue weighted by atomic mass is 10.3. The number of benzene rings is 1. The molecular weight excluding hydrogens is 310 g/mol. The average Bonchev–Trinajstić information content (AvgIpc) is 2.93. The van der Waals surface area contributed by atoms with Crippen LogP contribution in [0.1, 0.15) is 5.69 Å². The maximum absolute atomic E-state index is 12.6. The van der Waals surface area contributed by atoms with E-state index in [1.165, 1.54) is 24.4 Å². The molecule has 0 saturated heterocycles. The first kappa shape index (κ1) is 13.6. The van der Waals surface area contributed by atoms with Crippen molar-refractivity contribution in [1.29, 1.82) is 5.26 Å². The second-order valence-electron chi connectivity index (χ2n) is 4.27. The summed E-state index contributed by atoms with van der Waals surface area (Å²) in [7, 11) is -3.78. The first-order valence-electron chi connectivity index (χ1n) is 5.92. The van der Waals surface area contributed by atoms with Gasteiger partial charge in [0.05, 0.1) is 9.92 Å². The van der Waals surface area contributed by atoms with Gasteiger partial charge in [0.25, 0.3) is 10.0 Å². The predicted molar refractivity (Wildman–Crippen MR) is 78.5 cm³/mol. The molecule has 0 amide bonds. The number of nitrogens with zero attached hydrogens (tertiary/aromatic N) is 3. The molecule has 0 aliphatic rings. The predicted octanol–water partition coefficient (Wildman–Crippen LogP) is 2.80. The van der Waals surface area contributed by atoms with Gasteiger partial charge in [-0.25, -0.2) is 17.4 Å². The van der Waals surface area contributed by atoms with Crippen molar-refractivity contribution in [3.8, 4) is 6.07 Å². The number of fused-ring (bicyclic) bond motifs is 1. The van der Waals surface area contributed by atoms with Gasteiger partial charge in [-0.3, -0.25) is 0 Å². The molecule has 0 radical (unpaired) electrons. The van der Waals surface area contributed by atoms with Crippen LogP contribution in [0.25, 0.3) is 11.0 Å². The van der Waals surface area contributed by atoms with E-state index in [1.807, 2.05) is 6.07 Å². The number of hydrogen-bond acceptors (Lipinski definition) is 4. The molecule has 0 fully saturated rings. The van der Waals surface area contributed by atoms with Crippen molar-refractivity contribution in [2.24, 2.45) is 0 Å². The van der Waals surface area contributed by atoms with Crippen LogP contribution in [0.3, 0.4) is 0 Å². The van der Waals surface area contributed by atoms with E-state index in [9.17, 15) is 8.42 Å². The van der Waals surface area contributed by atoms with Crippen LogP contribution < -0.4 is 0 Å². The average molecular weight is 318 g/mol. The summed E-state index contributed by atoms with van der Waals surface area (Å²) >= 11 is 6.05. The van der Waals surface area contributed by atoms with Crippen LogP contribution >= 0.6 is 11.6 Å². The Morgan fingerprint density at radius 1 is 1.19 bits per heavy atom. The van der Waals surface area contributed by atoms with E-state index in [-0.39, 0.29) is 16.2 Å². The number of pyridine rings is 1. The zero-order valence-electron chi connectivity index (χ0n) is 10.6. The molecule has 0 unspecified atom stereocenters. The molecule has 3 rings (SSSR count). The first-order valence-corrected chi connectivity index (χ1v) is 7.74. The topological polar surface area (TPSA) is 75.8 Å². The highest BCUT2D eigenvalue weighted by atomic mass is 35.5. The lowest BCUT2D eigenvalue weighted by Gasteiger charge is -2.07. The van der Waals surface area contributed by atoms with Crippen LogP contribution in [0.15, 0.2) is 53.6 Å². The van der Waals surface area contributed by atoms with Crippen molar-refractivity contribution in [1.82, 2.24) is 8.96 Å². The van der Waals surface area contributed by atoms with Gasteiger partial charge in [0.1, 0.15) is 11.8 Å². The van der Waals surface area contributed by atoms with Gasteiger partial charge in [0.2, 0.25) is 0 Å². The minimum Gasteiger partial charge on any atom is -0.224 e. The molecule has 5 nitrogen and oxygen atoms in total. The van der Waals surface area contributed by atoms with Crippen molar-refractivity contribution in [3.05, 3.63) is 59.4 Å². The third kappa shape index (κ3) is 2.17. The minimum absolute atomic E-state index is 0.0655. The molecule has 0 aliphatic carbocycles. The summed E-state index contributed by atoms with van der Waals surface area (Å²) in [5.41, 5.74) is 0.207. The summed E-state index contributed by atoms with van der Waals surface area (Å²) in [6, 6.07) is 12.8. The molecule has 0 saturated carbocycles. The van der Waals surface area contributed by atoms with Gasteiger partial charge in [-0.1, -0.05) is 29.8 Å². The summed E-state index contributed by atoms with van der Waals surface area (Å²) in [6.45, 7) is 0. The van der Waals surface area contributed by atoms with Gasteiger partial charge in [0, 0.05) is 11.6 Å². The quantitative estimate of drug-likeness (QED) is 0.728. The summed E-state index contributed by atoms with van der Waals surface area (Å²) in [5.74, 6) is 0. The molecule has 0 bridgehead atoms. The normalized spacial score (nSPS) is 11.4. The van der Waals surface area contributed by atoms with E-state index < -0.39 is 10.0 Å². The highest BCUT2D eigenvalue weighted by Gasteiger charge is 2.20. The Bertz CT molecular complexity index is 973. The van der Waals surface area contributed by atoms with Crippen molar-refractivity contribution >= 4 is 32.7 Å². The SMILES string of the molecule is N#Cc1cc(Cl)c2ccn(S(=O)(=O)c3ccccc3)c2n1. The van der Waals surface area contributed by atoms with Crippen LogP contribution in [-0.4, -0.2) is 17.4 Å². The van der Waals surface area contributed by atoms with Crippen LogP contribution in [0, 0.1) is 11.3 Å². The van der Waals surface area contributed by atoms with Gasteiger partial charge in [0.15, 0.2) is 5.65 Å². The van der Waals surface area contributed by atoms with E-state index in [1.54, 1.807) is 24.3 Å². The molecule has 0 aliphatic heterocycles. The largest absolute Gasteiger partial charge is 0.269 e. The fourth-order valence-corrected chi connectivity index (χ4v) is 3.57. The Balaban J connectivity index is 2.32. The Morgan fingerprint density at radius 3 is 2.57 bits per heavy atom. The molecule has 1 aromatic carbocycles. The van der Waals surface area contributed by atoms with E-state index in [2.05, 4.69) is 4.98 Å². The van der Waals surface area contributed by atoms with Crippen molar-refractivity contribution in [2.75, 3.05) is 0 Å². The smallest absolute Gasteiger partial charge is 0.224 e. The lowest BCUT2D eigenvalue weighted by Crippen LogP contribution is -2.12. The second-order valence-corrected chi connectivity index (χ2v) is 6.49. The van der Waals surface area contributed by atoms with Gasteiger partial charge < -0.3 is 0 Å². The molecule has 2 aromatic heterocycles. The van der Waals surface area contributed by atoms with Crippen molar-refractivity contribution in [2.45, 2.75) is 4.90 Å². The maximum atomic E-state index is 12.6.